The van der Waals surface area contributed by atoms with E-state index in [1.165, 1.54) is 17.0 Å². The number of aryl methyl sites for hydroxylation is 1. The third kappa shape index (κ3) is 3.83. The molecule has 2 N–H and O–H groups in total. The summed E-state index contributed by atoms with van der Waals surface area (Å²) in [4.78, 5) is 14.3. The maximum Gasteiger partial charge on any atom is 0.255 e. The van der Waals surface area contributed by atoms with Crippen LogP contribution in [-0.2, 0) is 0 Å². The molecule has 0 aliphatic rings. The molecule has 24 heavy (non-hydrogen) atoms. The fourth-order valence-electron chi connectivity index (χ4n) is 2.83. The van der Waals surface area contributed by atoms with Crippen LogP contribution in [0.4, 0.5) is 4.39 Å². The summed E-state index contributed by atoms with van der Waals surface area (Å²) in [5.41, 5.74) is 2.96. The Morgan fingerprint density at radius 2 is 1.79 bits per heavy atom. The molecule has 130 valence electrons. The molecule has 0 aliphatic carbocycles. The Morgan fingerprint density at radius 3 is 2.38 bits per heavy atom. The summed E-state index contributed by atoms with van der Waals surface area (Å²) in [6.07, 6.45) is 0.461. The maximum atomic E-state index is 13.1. The normalized spacial score (nSPS) is 10.9. The van der Waals surface area contributed by atoms with Gasteiger partial charge in [-0.2, -0.15) is 0 Å². The SMILES string of the molecule is Cc1cc(C(=O)N(CCO)CCCO)c(C)n1-c1ccc(F)cc1. The van der Waals surface area contributed by atoms with Crippen molar-refractivity contribution in [3.63, 3.8) is 0 Å². The largest absolute Gasteiger partial charge is 0.396 e. The highest BCUT2D eigenvalue weighted by Crippen LogP contribution is 2.22. The van der Waals surface area contributed by atoms with E-state index in [4.69, 9.17) is 10.2 Å². The first kappa shape index (κ1) is 18.2. The Labute approximate surface area is 141 Å². The van der Waals surface area contributed by atoms with Crippen LogP contribution in [0.2, 0.25) is 0 Å². The number of halogens is 1. The molecule has 0 saturated heterocycles. The second-order valence-electron chi connectivity index (χ2n) is 5.69. The number of aromatic nitrogens is 1. The minimum atomic E-state index is -0.310. The second kappa shape index (κ2) is 8.08. The molecule has 2 aromatic rings. The van der Waals surface area contributed by atoms with Crippen molar-refractivity contribution in [2.45, 2.75) is 20.3 Å². The first-order chi connectivity index (χ1) is 11.5. The summed E-state index contributed by atoms with van der Waals surface area (Å²) < 4.78 is 15.0. The highest BCUT2D eigenvalue weighted by atomic mass is 19.1. The number of carbonyl (C=O) groups excluding carboxylic acids is 1. The third-order valence-corrected chi connectivity index (χ3v) is 3.99. The molecule has 1 heterocycles. The van der Waals surface area contributed by atoms with Crippen molar-refractivity contribution in [1.29, 1.82) is 0 Å². The quantitative estimate of drug-likeness (QED) is 0.814. The fourth-order valence-corrected chi connectivity index (χ4v) is 2.83. The van der Waals surface area contributed by atoms with Crippen LogP contribution in [0.1, 0.15) is 28.2 Å². The molecule has 0 bridgehead atoms. The van der Waals surface area contributed by atoms with E-state index in [-0.39, 0.29) is 31.5 Å². The smallest absolute Gasteiger partial charge is 0.255 e. The second-order valence-corrected chi connectivity index (χ2v) is 5.69. The van der Waals surface area contributed by atoms with Crippen molar-refractivity contribution >= 4 is 5.91 Å². The topological polar surface area (TPSA) is 65.7 Å². The van der Waals surface area contributed by atoms with Crippen LogP contribution < -0.4 is 0 Å². The molecule has 0 aliphatic heterocycles. The summed E-state index contributed by atoms with van der Waals surface area (Å²) in [6, 6.07) is 7.90. The Balaban J connectivity index is 2.35. The van der Waals surface area contributed by atoms with Gasteiger partial charge in [-0.1, -0.05) is 0 Å². The zero-order chi connectivity index (χ0) is 17.7. The number of aliphatic hydroxyl groups is 2. The van der Waals surface area contributed by atoms with Crippen LogP contribution >= 0.6 is 0 Å². The van der Waals surface area contributed by atoms with Gasteiger partial charge in [0.25, 0.3) is 5.91 Å². The Morgan fingerprint density at radius 1 is 1.12 bits per heavy atom. The molecule has 6 heteroatoms. The molecule has 0 atom stereocenters. The van der Waals surface area contributed by atoms with Gasteiger partial charge in [-0.05, 0) is 50.6 Å². The van der Waals surface area contributed by atoms with Crippen molar-refractivity contribution in [2.24, 2.45) is 0 Å². The van der Waals surface area contributed by atoms with E-state index < -0.39 is 0 Å². The average molecular weight is 334 g/mol. The Kier molecular flexibility index (Phi) is 6.11. The van der Waals surface area contributed by atoms with E-state index in [0.717, 1.165) is 17.1 Å². The van der Waals surface area contributed by atoms with E-state index in [0.29, 0.717) is 18.5 Å². The summed E-state index contributed by atoms with van der Waals surface area (Å²) in [7, 11) is 0. The van der Waals surface area contributed by atoms with Gasteiger partial charge in [-0.15, -0.1) is 0 Å². The Bertz CT molecular complexity index is 695. The highest BCUT2D eigenvalue weighted by molar-refractivity contribution is 5.96. The lowest BCUT2D eigenvalue weighted by Gasteiger charge is -2.21. The van der Waals surface area contributed by atoms with E-state index in [1.807, 2.05) is 18.4 Å². The van der Waals surface area contributed by atoms with Gasteiger partial charge in [0.15, 0.2) is 0 Å². The number of benzene rings is 1. The van der Waals surface area contributed by atoms with Crippen molar-refractivity contribution in [1.82, 2.24) is 9.47 Å². The minimum absolute atomic E-state index is 0.0101. The number of nitrogens with zero attached hydrogens (tertiary/aromatic N) is 2. The molecule has 0 spiro atoms. The van der Waals surface area contributed by atoms with Crippen LogP contribution in [-0.4, -0.2) is 51.9 Å². The predicted octanol–water partition coefficient (Wildman–Crippen LogP) is 2.05. The molecule has 1 amide bonds. The fraction of sp³-hybridized carbons (Fsp3) is 0.389. The number of aliphatic hydroxyl groups excluding tert-OH is 2. The van der Waals surface area contributed by atoms with E-state index in [2.05, 4.69) is 0 Å². The van der Waals surface area contributed by atoms with Crippen molar-refractivity contribution in [3.05, 3.63) is 53.1 Å². The summed E-state index contributed by atoms with van der Waals surface area (Å²) in [6.45, 7) is 4.19. The molecule has 2 rings (SSSR count). The minimum Gasteiger partial charge on any atom is -0.396 e. The van der Waals surface area contributed by atoms with Gasteiger partial charge in [-0.25, -0.2) is 4.39 Å². The van der Waals surface area contributed by atoms with Crippen molar-refractivity contribution in [3.8, 4) is 5.69 Å². The first-order valence-corrected chi connectivity index (χ1v) is 7.95. The monoisotopic (exact) mass is 334 g/mol. The lowest BCUT2D eigenvalue weighted by Crippen LogP contribution is -2.35. The van der Waals surface area contributed by atoms with Crippen LogP contribution in [0.3, 0.4) is 0 Å². The van der Waals surface area contributed by atoms with Crippen LogP contribution in [0.25, 0.3) is 5.69 Å². The molecule has 1 aromatic carbocycles. The number of amides is 1. The maximum absolute atomic E-state index is 13.1. The number of hydrogen-bond donors (Lipinski definition) is 2. The van der Waals surface area contributed by atoms with Gasteiger partial charge in [-0.3, -0.25) is 4.79 Å². The number of carbonyl (C=O) groups is 1. The predicted molar refractivity (Wildman–Crippen MR) is 89.9 cm³/mol. The summed E-state index contributed by atoms with van der Waals surface area (Å²) in [5.74, 6) is -0.491. The summed E-state index contributed by atoms with van der Waals surface area (Å²) in [5, 5.41) is 18.1. The lowest BCUT2D eigenvalue weighted by atomic mass is 10.2. The third-order valence-electron chi connectivity index (χ3n) is 3.99. The zero-order valence-corrected chi connectivity index (χ0v) is 14.0. The van der Waals surface area contributed by atoms with Crippen LogP contribution in [0.15, 0.2) is 30.3 Å². The van der Waals surface area contributed by atoms with Crippen molar-refractivity contribution in [2.75, 3.05) is 26.3 Å². The molecular weight excluding hydrogens is 311 g/mol. The van der Waals surface area contributed by atoms with Crippen LogP contribution in [0.5, 0.6) is 0 Å². The zero-order valence-electron chi connectivity index (χ0n) is 14.0. The van der Waals surface area contributed by atoms with Gasteiger partial charge in [0.2, 0.25) is 0 Å². The van der Waals surface area contributed by atoms with Gasteiger partial charge in [0.05, 0.1) is 12.2 Å². The first-order valence-electron chi connectivity index (χ1n) is 7.95. The van der Waals surface area contributed by atoms with Gasteiger partial charge >= 0.3 is 0 Å². The highest BCUT2D eigenvalue weighted by Gasteiger charge is 2.21. The molecule has 0 radical (unpaired) electrons. The van der Waals surface area contributed by atoms with E-state index in [1.54, 1.807) is 18.2 Å². The summed E-state index contributed by atoms with van der Waals surface area (Å²) >= 11 is 0. The number of hydrogen-bond acceptors (Lipinski definition) is 3. The van der Waals surface area contributed by atoms with Gasteiger partial charge in [0, 0.05) is 36.8 Å². The van der Waals surface area contributed by atoms with E-state index in [9.17, 15) is 9.18 Å². The van der Waals surface area contributed by atoms with Gasteiger partial charge in [0.1, 0.15) is 5.82 Å². The molecule has 0 fully saturated rings. The van der Waals surface area contributed by atoms with Gasteiger partial charge < -0.3 is 19.7 Å². The molecule has 1 aromatic heterocycles. The molecule has 5 nitrogen and oxygen atoms in total. The number of rotatable bonds is 7. The Hall–Kier alpha value is -2.18. The lowest BCUT2D eigenvalue weighted by molar-refractivity contribution is 0.0709. The van der Waals surface area contributed by atoms with E-state index >= 15 is 0 Å². The van der Waals surface area contributed by atoms with Crippen LogP contribution in [0, 0.1) is 19.7 Å². The van der Waals surface area contributed by atoms with Crippen molar-refractivity contribution < 1.29 is 19.4 Å². The average Bonchev–Trinajstić information content (AvgIpc) is 2.86. The molecule has 0 saturated carbocycles. The molecule has 0 unspecified atom stereocenters. The molecular formula is C18H23FN2O3. The standard InChI is InChI=1S/C18H23FN2O3/c1-13-12-17(18(24)20(9-11-23)8-3-10-22)14(2)21(13)16-6-4-15(19)5-7-16/h4-7,12,22-23H,3,8-11H2,1-2H3.